The van der Waals surface area contributed by atoms with Crippen molar-refractivity contribution < 1.29 is 18.3 Å². The van der Waals surface area contributed by atoms with Crippen LogP contribution in [0.15, 0.2) is 0 Å². The molecule has 0 bridgehead atoms. The van der Waals surface area contributed by atoms with Crippen LogP contribution in [-0.2, 0) is 6.42 Å². The summed E-state index contributed by atoms with van der Waals surface area (Å²) in [5.41, 5.74) is 2.83. The van der Waals surface area contributed by atoms with Crippen LogP contribution in [0.3, 0.4) is 0 Å². The van der Waals surface area contributed by atoms with Gasteiger partial charge < -0.3 is 15.8 Å². The number of nitrogens with one attached hydrogen (secondary N) is 2. The van der Waals surface area contributed by atoms with E-state index in [9.17, 15) is 13.2 Å². The predicted octanol–water partition coefficient (Wildman–Crippen LogP) is 0.968. The highest BCUT2D eigenvalue weighted by atomic mass is 19.4. The number of aromatic nitrogens is 2. The van der Waals surface area contributed by atoms with Crippen LogP contribution in [0.4, 0.5) is 24.8 Å². The maximum absolute atomic E-state index is 12.2. The number of rotatable bonds is 5. The van der Waals surface area contributed by atoms with Gasteiger partial charge in [-0.1, -0.05) is 6.92 Å². The molecule has 5 N–H and O–H groups in total. The summed E-state index contributed by atoms with van der Waals surface area (Å²) in [6.07, 6.45) is -6.62. The molecule has 1 heterocycles. The number of nitrogens with two attached hydrogens (primary N) is 1. The van der Waals surface area contributed by atoms with Gasteiger partial charge in [0.15, 0.2) is 6.10 Å². The molecular formula is C10H16F3N5O. The molecule has 0 fully saturated rings. The van der Waals surface area contributed by atoms with E-state index in [2.05, 4.69) is 20.7 Å². The van der Waals surface area contributed by atoms with Crippen molar-refractivity contribution in [2.75, 3.05) is 17.3 Å². The van der Waals surface area contributed by atoms with E-state index in [0.717, 1.165) is 0 Å². The van der Waals surface area contributed by atoms with Crippen LogP contribution in [0.5, 0.6) is 0 Å². The molecule has 0 aliphatic carbocycles. The third-order valence-electron chi connectivity index (χ3n) is 2.49. The van der Waals surface area contributed by atoms with E-state index in [1.165, 1.54) is 0 Å². The van der Waals surface area contributed by atoms with Crippen LogP contribution >= 0.6 is 0 Å². The first kappa shape index (κ1) is 15.4. The summed E-state index contributed by atoms with van der Waals surface area (Å²) < 4.78 is 36.6. The number of aryl methyl sites for hydroxylation is 1. The molecule has 0 saturated carbocycles. The highest BCUT2D eigenvalue weighted by Gasteiger charge is 2.38. The minimum atomic E-state index is -4.67. The Bertz CT molecular complexity index is 438. The van der Waals surface area contributed by atoms with Gasteiger partial charge >= 0.3 is 6.18 Å². The number of hydrazine groups is 1. The second-order valence-electron chi connectivity index (χ2n) is 3.90. The first-order valence-electron chi connectivity index (χ1n) is 5.62. The molecule has 0 aromatic carbocycles. The lowest BCUT2D eigenvalue weighted by molar-refractivity contribution is -0.198. The average Bonchev–Trinajstić information content (AvgIpc) is 2.36. The Morgan fingerprint density at radius 1 is 1.32 bits per heavy atom. The fraction of sp³-hybridized carbons (Fsp3) is 0.600. The molecule has 1 aromatic rings. The number of nitrogen functional groups attached to an aromatic ring is 1. The standard InChI is InChI=1S/C10H16F3N5O/c1-3-7-16-8(5(2)9(17-7)18-14)15-4-6(19)10(11,12)13/h6,19H,3-4,14H2,1-2H3,(H2,15,16,17,18). The number of aliphatic hydroxyl groups is 1. The molecule has 0 aliphatic rings. The molecule has 0 amide bonds. The largest absolute Gasteiger partial charge is 0.416 e. The number of alkyl halides is 3. The summed E-state index contributed by atoms with van der Waals surface area (Å²) in [7, 11) is 0. The third kappa shape index (κ3) is 3.93. The Morgan fingerprint density at radius 2 is 1.89 bits per heavy atom. The van der Waals surface area contributed by atoms with Crippen LogP contribution in [0.2, 0.25) is 0 Å². The van der Waals surface area contributed by atoms with Crippen molar-refractivity contribution in [1.82, 2.24) is 9.97 Å². The fourth-order valence-electron chi connectivity index (χ4n) is 1.34. The van der Waals surface area contributed by atoms with E-state index in [1.54, 1.807) is 13.8 Å². The summed E-state index contributed by atoms with van der Waals surface area (Å²) in [4.78, 5) is 8.13. The second-order valence-corrected chi connectivity index (χ2v) is 3.90. The molecule has 9 heteroatoms. The quantitative estimate of drug-likeness (QED) is 0.474. The molecule has 0 aliphatic heterocycles. The summed E-state index contributed by atoms with van der Waals surface area (Å²) in [6.45, 7) is 2.73. The number of anilines is 2. The van der Waals surface area contributed by atoms with Gasteiger partial charge in [0.05, 0.1) is 6.54 Å². The van der Waals surface area contributed by atoms with Gasteiger partial charge in [0, 0.05) is 12.0 Å². The highest BCUT2D eigenvalue weighted by Crippen LogP contribution is 2.22. The smallest absolute Gasteiger partial charge is 0.382 e. The highest BCUT2D eigenvalue weighted by molar-refractivity contribution is 5.56. The zero-order chi connectivity index (χ0) is 14.6. The number of aliphatic hydroxyl groups excluding tert-OH is 1. The Hall–Kier alpha value is -1.61. The van der Waals surface area contributed by atoms with Gasteiger partial charge in [-0.2, -0.15) is 13.2 Å². The second kappa shape index (κ2) is 6.02. The van der Waals surface area contributed by atoms with E-state index in [-0.39, 0.29) is 5.82 Å². The number of halogens is 3. The first-order chi connectivity index (χ1) is 8.79. The van der Waals surface area contributed by atoms with Gasteiger partial charge in [0.2, 0.25) is 0 Å². The minimum absolute atomic E-state index is 0.211. The van der Waals surface area contributed by atoms with Crippen LogP contribution in [-0.4, -0.2) is 33.9 Å². The van der Waals surface area contributed by atoms with E-state index in [4.69, 9.17) is 10.9 Å². The van der Waals surface area contributed by atoms with Gasteiger partial charge in [-0.25, -0.2) is 15.8 Å². The topological polar surface area (TPSA) is 96.1 Å². The number of hydrogen-bond donors (Lipinski definition) is 4. The number of nitrogens with zero attached hydrogens (tertiary/aromatic N) is 2. The molecule has 108 valence electrons. The summed E-state index contributed by atoms with van der Waals surface area (Å²) in [6, 6.07) is 0. The van der Waals surface area contributed by atoms with E-state index >= 15 is 0 Å². The molecule has 0 saturated heterocycles. The van der Waals surface area contributed by atoms with Crippen molar-refractivity contribution >= 4 is 11.6 Å². The maximum atomic E-state index is 12.2. The minimum Gasteiger partial charge on any atom is -0.382 e. The van der Waals surface area contributed by atoms with Crippen LogP contribution in [0.25, 0.3) is 0 Å². The van der Waals surface area contributed by atoms with Crippen molar-refractivity contribution in [2.24, 2.45) is 5.84 Å². The summed E-state index contributed by atoms with van der Waals surface area (Å²) in [5.74, 6) is 6.24. The lowest BCUT2D eigenvalue weighted by atomic mass is 10.2. The van der Waals surface area contributed by atoms with Gasteiger partial charge in [-0.05, 0) is 6.92 Å². The molecule has 0 radical (unpaired) electrons. The lowest BCUT2D eigenvalue weighted by Gasteiger charge is -2.17. The van der Waals surface area contributed by atoms with Gasteiger partial charge in [-0.3, -0.25) is 0 Å². The van der Waals surface area contributed by atoms with Crippen molar-refractivity contribution in [1.29, 1.82) is 0 Å². The molecule has 0 spiro atoms. The zero-order valence-electron chi connectivity index (χ0n) is 10.5. The van der Waals surface area contributed by atoms with Crippen molar-refractivity contribution in [3.8, 4) is 0 Å². The van der Waals surface area contributed by atoms with Gasteiger partial charge in [0.1, 0.15) is 17.5 Å². The molecular weight excluding hydrogens is 263 g/mol. The predicted molar refractivity (Wildman–Crippen MR) is 64.5 cm³/mol. The zero-order valence-corrected chi connectivity index (χ0v) is 10.5. The van der Waals surface area contributed by atoms with E-state index in [1.807, 2.05) is 0 Å². The lowest BCUT2D eigenvalue weighted by Crippen LogP contribution is -2.35. The Labute approximate surface area is 108 Å². The molecule has 19 heavy (non-hydrogen) atoms. The molecule has 1 aromatic heterocycles. The SMILES string of the molecule is CCc1nc(NN)c(C)c(NCC(O)C(F)(F)F)n1. The average molecular weight is 279 g/mol. The summed E-state index contributed by atoms with van der Waals surface area (Å²) >= 11 is 0. The first-order valence-corrected chi connectivity index (χ1v) is 5.62. The third-order valence-corrected chi connectivity index (χ3v) is 2.49. The normalized spacial score (nSPS) is 13.2. The monoisotopic (exact) mass is 279 g/mol. The summed E-state index contributed by atoms with van der Waals surface area (Å²) in [5, 5.41) is 11.4. The van der Waals surface area contributed by atoms with Crippen LogP contribution in [0, 0.1) is 6.92 Å². The van der Waals surface area contributed by atoms with Crippen molar-refractivity contribution in [3.05, 3.63) is 11.4 Å². The van der Waals surface area contributed by atoms with Crippen molar-refractivity contribution in [2.45, 2.75) is 32.5 Å². The van der Waals surface area contributed by atoms with E-state index in [0.29, 0.717) is 23.6 Å². The fourth-order valence-corrected chi connectivity index (χ4v) is 1.34. The Kier molecular flexibility index (Phi) is 4.90. The molecule has 1 rings (SSSR count). The molecule has 1 unspecified atom stereocenters. The van der Waals surface area contributed by atoms with Gasteiger partial charge in [0.25, 0.3) is 0 Å². The molecule has 1 atom stereocenters. The van der Waals surface area contributed by atoms with Crippen LogP contribution in [0.1, 0.15) is 18.3 Å². The van der Waals surface area contributed by atoms with Crippen LogP contribution < -0.4 is 16.6 Å². The molecule has 6 nitrogen and oxygen atoms in total. The number of hydrogen-bond acceptors (Lipinski definition) is 6. The van der Waals surface area contributed by atoms with E-state index < -0.39 is 18.8 Å². The maximum Gasteiger partial charge on any atom is 0.416 e. The van der Waals surface area contributed by atoms with Crippen molar-refractivity contribution in [3.63, 3.8) is 0 Å². The Balaban J connectivity index is 2.89. The van der Waals surface area contributed by atoms with Gasteiger partial charge in [-0.15, -0.1) is 0 Å². The Morgan fingerprint density at radius 3 is 2.37 bits per heavy atom.